The molecule has 4 rings (SSSR count). The number of nitrogens with one attached hydrogen (secondary N) is 1. The quantitative estimate of drug-likeness (QED) is 0.734. The summed E-state index contributed by atoms with van der Waals surface area (Å²) in [5.41, 5.74) is 1.84. The Hall–Kier alpha value is -2.97. The lowest BCUT2D eigenvalue weighted by Gasteiger charge is -2.41. The van der Waals surface area contributed by atoms with Gasteiger partial charge in [-0.05, 0) is 31.4 Å². The third kappa shape index (κ3) is 3.68. The Labute approximate surface area is 169 Å². The van der Waals surface area contributed by atoms with Crippen LogP contribution in [-0.4, -0.2) is 73.3 Å². The maximum atomic E-state index is 12.4. The summed E-state index contributed by atoms with van der Waals surface area (Å²) in [6.45, 7) is 2.54. The molecule has 1 aromatic rings. The van der Waals surface area contributed by atoms with Crippen molar-refractivity contribution in [1.82, 2.24) is 10.2 Å². The molecular weight excluding hydrogens is 376 g/mol. The third-order valence-corrected chi connectivity index (χ3v) is 6.10. The van der Waals surface area contributed by atoms with Gasteiger partial charge in [0.05, 0.1) is 17.9 Å². The molecule has 1 atom stereocenters. The lowest BCUT2D eigenvalue weighted by molar-refractivity contribution is -0.134. The van der Waals surface area contributed by atoms with Crippen LogP contribution >= 0.6 is 0 Å². The predicted octanol–water partition coefficient (Wildman–Crippen LogP) is 1.27. The Morgan fingerprint density at radius 2 is 1.90 bits per heavy atom. The first-order valence-electron chi connectivity index (χ1n) is 10.0. The summed E-state index contributed by atoms with van der Waals surface area (Å²) in [4.78, 5) is 40.7. The summed E-state index contributed by atoms with van der Waals surface area (Å²) in [6, 6.07) is 5.56. The van der Waals surface area contributed by atoms with Gasteiger partial charge in [0.2, 0.25) is 11.8 Å². The van der Waals surface area contributed by atoms with Crippen LogP contribution in [0, 0.1) is 0 Å². The highest BCUT2D eigenvalue weighted by Gasteiger charge is 2.36. The summed E-state index contributed by atoms with van der Waals surface area (Å²) in [7, 11) is 1.62. The molecule has 1 aromatic carbocycles. The van der Waals surface area contributed by atoms with Crippen LogP contribution < -0.4 is 19.9 Å². The number of anilines is 2. The zero-order chi connectivity index (χ0) is 20.5. The average molecular weight is 402 g/mol. The number of para-hydroxylation sites is 1. The monoisotopic (exact) mass is 402 g/mol. The number of benzene rings is 1. The average Bonchev–Trinajstić information content (AvgIpc) is 2.72. The molecule has 29 heavy (non-hydrogen) atoms. The highest BCUT2D eigenvalue weighted by Crippen LogP contribution is 2.42. The van der Waals surface area contributed by atoms with E-state index in [-0.39, 0.29) is 23.9 Å². The number of amides is 3. The van der Waals surface area contributed by atoms with Gasteiger partial charge >= 0.3 is 6.09 Å². The molecule has 0 aliphatic carbocycles. The molecule has 9 heteroatoms. The van der Waals surface area contributed by atoms with Gasteiger partial charge in [-0.25, -0.2) is 4.79 Å². The van der Waals surface area contributed by atoms with E-state index in [0.717, 1.165) is 43.1 Å². The van der Waals surface area contributed by atoms with Gasteiger partial charge in [0.25, 0.3) is 0 Å². The number of hydrogen-bond donors (Lipinski definition) is 2. The van der Waals surface area contributed by atoms with Gasteiger partial charge in [-0.2, -0.15) is 0 Å². The minimum Gasteiger partial charge on any atom is -0.487 e. The third-order valence-electron chi connectivity index (χ3n) is 6.10. The number of ether oxygens (including phenoxy) is 1. The molecule has 2 fully saturated rings. The van der Waals surface area contributed by atoms with Gasteiger partial charge in [-0.3, -0.25) is 14.9 Å². The largest absolute Gasteiger partial charge is 0.487 e. The van der Waals surface area contributed by atoms with E-state index in [1.807, 2.05) is 23.1 Å². The Morgan fingerprint density at radius 1 is 1.17 bits per heavy atom. The zero-order valence-corrected chi connectivity index (χ0v) is 16.5. The minimum absolute atomic E-state index is 0.0178. The Bertz CT molecular complexity index is 821. The maximum absolute atomic E-state index is 12.4. The highest BCUT2D eigenvalue weighted by atomic mass is 16.5. The molecule has 9 nitrogen and oxygen atoms in total. The maximum Gasteiger partial charge on any atom is 0.407 e. The van der Waals surface area contributed by atoms with Gasteiger partial charge in [-0.1, -0.05) is 6.07 Å². The molecule has 0 radical (unpaired) electrons. The van der Waals surface area contributed by atoms with Crippen LogP contribution in [0.1, 0.15) is 25.7 Å². The van der Waals surface area contributed by atoms with Crippen molar-refractivity contribution >= 4 is 29.3 Å². The first-order valence-corrected chi connectivity index (χ1v) is 10.0. The van der Waals surface area contributed by atoms with Crippen molar-refractivity contribution < 1.29 is 24.2 Å². The van der Waals surface area contributed by atoms with E-state index in [9.17, 15) is 19.5 Å². The fourth-order valence-corrected chi connectivity index (χ4v) is 4.46. The van der Waals surface area contributed by atoms with E-state index < -0.39 is 6.09 Å². The molecule has 0 aromatic heterocycles. The molecule has 0 unspecified atom stereocenters. The van der Waals surface area contributed by atoms with Gasteiger partial charge in [0.15, 0.2) is 5.75 Å². The van der Waals surface area contributed by atoms with E-state index in [2.05, 4.69) is 10.2 Å². The van der Waals surface area contributed by atoms with Crippen molar-refractivity contribution in [1.29, 1.82) is 0 Å². The fourth-order valence-electron chi connectivity index (χ4n) is 4.46. The fraction of sp³-hybridized carbons (Fsp3) is 0.550. The SMILES string of the molecule is CN(C(=O)O)C1CCN(c2cccc3c2OCCN3[C@H]2CCC(=O)NC2=O)CC1. The first-order chi connectivity index (χ1) is 14.0. The smallest absolute Gasteiger partial charge is 0.407 e. The molecule has 3 aliphatic heterocycles. The summed E-state index contributed by atoms with van der Waals surface area (Å²) in [5.74, 6) is 0.285. The summed E-state index contributed by atoms with van der Waals surface area (Å²) >= 11 is 0. The summed E-state index contributed by atoms with van der Waals surface area (Å²) < 4.78 is 6.01. The highest BCUT2D eigenvalue weighted by molar-refractivity contribution is 6.02. The van der Waals surface area contributed by atoms with Gasteiger partial charge in [-0.15, -0.1) is 0 Å². The van der Waals surface area contributed by atoms with E-state index in [4.69, 9.17) is 4.74 Å². The van der Waals surface area contributed by atoms with Crippen LogP contribution in [0.4, 0.5) is 16.2 Å². The van der Waals surface area contributed by atoms with Crippen molar-refractivity contribution in [2.24, 2.45) is 0 Å². The first kappa shape index (κ1) is 19.4. The number of carbonyl (C=O) groups excluding carboxylic acids is 2. The molecule has 2 saturated heterocycles. The molecule has 3 heterocycles. The van der Waals surface area contributed by atoms with E-state index in [1.165, 1.54) is 4.90 Å². The Kier molecular flexibility index (Phi) is 5.21. The number of hydrogen-bond acceptors (Lipinski definition) is 6. The van der Waals surface area contributed by atoms with E-state index in [1.54, 1.807) is 7.05 Å². The van der Waals surface area contributed by atoms with E-state index >= 15 is 0 Å². The van der Waals surface area contributed by atoms with Gasteiger partial charge < -0.3 is 24.5 Å². The molecule has 2 N–H and O–H groups in total. The molecule has 0 saturated carbocycles. The molecule has 156 valence electrons. The lowest BCUT2D eigenvalue weighted by Crippen LogP contribution is -2.54. The van der Waals surface area contributed by atoms with Crippen LogP contribution in [-0.2, 0) is 9.59 Å². The number of carboxylic acid groups (broad SMARTS) is 1. The van der Waals surface area contributed by atoms with E-state index in [0.29, 0.717) is 26.0 Å². The molecule has 3 amide bonds. The van der Waals surface area contributed by atoms with Crippen molar-refractivity contribution in [2.75, 3.05) is 43.1 Å². The summed E-state index contributed by atoms with van der Waals surface area (Å²) in [6.07, 6.45) is 1.45. The van der Waals surface area contributed by atoms with Crippen LogP contribution in [0.2, 0.25) is 0 Å². The second-order valence-corrected chi connectivity index (χ2v) is 7.75. The second kappa shape index (κ2) is 7.81. The van der Waals surface area contributed by atoms with Crippen molar-refractivity contribution in [3.8, 4) is 5.75 Å². The second-order valence-electron chi connectivity index (χ2n) is 7.75. The molecule has 3 aliphatic rings. The number of rotatable bonds is 3. The molecular formula is C20H26N4O5. The van der Waals surface area contributed by atoms with Crippen LogP contribution in [0.3, 0.4) is 0 Å². The number of piperidine rings is 2. The zero-order valence-electron chi connectivity index (χ0n) is 16.5. The standard InChI is InChI=1S/C20H26N4O5/c1-22(20(27)28)13-7-9-23(10-8-13)14-3-2-4-15-18(14)29-12-11-24(15)16-5-6-17(25)21-19(16)26/h2-4,13,16H,5-12H2,1H3,(H,27,28)(H,21,25,26)/t16-/m0/s1. The number of nitrogens with zero attached hydrogens (tertiary/aromatic N) is 3. The normalized spacial score (nSPS) is 22.6. The minimum atomic E-state index is -0.899. The topological polar surface area (TPSA) is 102 Å². The van der Waals surface area contributed by atoms with Crippen molar-refractivity contribution in [2.45, 2.75) is 37.8 Å². The van der Waals surface area contributed by atoms with Gasteiger partial charge in [0, 0.05) is 32.6 Å². The number of fused-ring (bicyclic) bond motifs is 1. The Balaban J connectivity index is 1.54. The van der Waals surface area contributed by atoms with Crippen molar-refractivity contribution in [3.63, 3.8) is 0 Å². The summed E-state index contributed by atoms with van der Waals surface area (Å²) in [5, 5.41) is 11.6. The van der Waals surface area contributed by atoms with Crippen LogP contribution in [0.15, 0.2) is 18.2 Å². The predicted molar refractivity (Wildman–Crippen MR) is 106 cm³/mol. The van der Waals surface area contributed by atoms with Crippen molar-refractivity contribution in [3.05, 3.63) is 18.2 Å². The number of carbonyl (C=O) groups is 3. The Morgan fingerprint density at radius 3 is 2.59 bits per heavy atom. The molecule has 0 bridgehead atoms. The van der Waals surface area contributed by atoms with Crippen LogP contribution in [0.25, 0.3) is 0 Å². The number of imide groups is 1. The molecule has 0 spiro atoms. The van der Waals surface area contributed by atoms with Gasteiger partial charge in [0.1, 0.15) is 12.6 Å². The lowest BCUT2D eigenvalue weighted by atomic mass is 10.0. The van der Waals surface area contributed by atoms with Crippen LogP contribution in [0.5, 0.6) is 5.75 Å².